The molecule has 2 N–H and O–H groups in total. The molecule has 1 aliphatic heterocycles. The Morgan fingerprint density at radius 2 is 1.89 bits per heavy atom. The van der Waals surface area contributed by atoms with Gasteiger partial charge in [0.1, 0.15) is 5.75 Å². The summed E-state index contributed by atoms with van der Waals surface area (Å²) in [7, 11) is 1.55. The number of rotatable bonds is 5. The lowest BCUT2D eigenvalue weighted by molar-refractivity contribution is -0.130. The van der Waals surface area contributed by atoms with Crippen molar-refractivity contribution in [3.63, 3.8) is 0 Å². The number of nitrogens with zero attached hydrogens (tertiary/aromatic N) is 2. The van der Waals surface area contributed by atoms with Gasteiger partial charge in [0.2, 0.25) is 5.91 Å². The van der Waals surface area contributed by atoms with Crippen LogP contribution in [0.1, 0.15) is 31.4 Å². The van der Waals surface area contributed by atoms with Crippen LogP contribution in [0.4, 0.5) is 15.6 Å². The second-order valence-electron chi connectivity index (χ2n) is 6.40. The summed E-state index contributed by atoms with van der Waals surface area (Å²) >= 11 is 1.31. The minimum absolute atomic E-state index is 0.104. The largest absolute Gasteiger partial charge is 0.495 e. The molecule has 2 heterocycles. The third-order valence-corrected chi connectivity index (χ3v) is 5.23. The molecule has 0 spiro atoms. The Morgan fingerprint density at radius 3 is 2.63 bits per heavy atom. The van der Waals surface area contributed by atoms with Crippen LogP contribution < -0.4 is 15.4 Å². The Morgan fingerprint density at radius 1 is 1.15 bits per heavy atom. The number of hydrogen-bond acceptors (Lipinski definition) is 5. The smallest absolute Gasteiger partial charge is 0.325 e. The van der Waals surface area contributed by atoms with Crippen LogP contribution >= 0.6 is 11.3 Å². The predicted octanol–water partition coefficient (Wildman–Crippen LogP) is 3.74. The number of urea groups is 1. The van der Waals surface area contributed by atoms with Gasteiger partial charge in [-0.3, -0.25) is 10.1 Å². The predicted molar refractivity (Wildman–Crippen MR) is 107 cm³/mol. The number of aromatic nitrogens is 1. The number of thiazole rings is 1. The van der Waals surface area contributed by atoms with Crippen LogP contribution in [0, 0.1) is 0 Å². The number of benzene rings is 1. The molecule has 3 rings (SSSR count). The monoisotopic (exact) mass is 388 g/mol. The van der Waals surface area contributed by atoms with E-state index in [1.165, 1.54) is 24.2 Å². The van der Waals surface area contributed by atoms with E-state index in [4.69, 9.17) is 4.74 Å². The van der Waals surface area contributed by atoms with Crippen molar-refractivity contribution in [1.82, 2.24) is 9.88 Å². The molecular weight excluding hydrogens is 364 g/mol. The lowest BCUT2D eigenvalue weighted by Crippen LogP contribution is -2.33. The molecule has 1 fully saturated rings. The molecule has 8 heteroatoms. The summed E-state index contributed by atoms with van der Waals surface area (Å²) in [4.78, 5) is 30.9. The van der Waals surface area contributed by atoms with Gasteiger partial charge < -0.3 is 15.0 Å². The molecule has 0 unspecified atom stereocenters. The van der Waals surface area contributed by atoms with Crippen LogP contribution in [0.2, 0.25) is 0 Å². The van der Waals surface area contributed by atoms with Gasteiger partial charge in [-0.05, 0) is 25.0 Å². The first-order valence-electron chi connectivity index (χ1n) is 9.09. The minimum atomic E-state index is -0.403. The molecular formula is C19H24N4O3S. The Kier molecular flexibility index (Phi) is 6.64. The van der Waals surface area contributed by atoms with Gasteiger partial charge in [-0.15, -0.1) is 11.3 Å². The molecule has 0 aliphatic carbocycles. The van der Waals surface area contributed by atoms with E-state index >= 15 is 0 Å². The van der Waals surface area contributed by atoms with Crippen LogP contribution in [0.25, 0.3) is 0 Å². The number of methoxy groups -OCH3 is 1. The lowest BCUT2D eigenvalue weighted by atomic mass is 10.2. The number of anilines is 2. The Hall–Kier alpha value is -2.61. The van der Waals surface area contributed by atoms with Crippen molar-refractivity contribution >= 4 is 34.1 Å². The van der Waals surface area contributed by atoms with Gasteiger partial charge in [0, 0.05) is 18.5 Å². The number of hydrogen-bond donors (Lipinski definition) is 2. The van der Waals surface area contributed by atoms with Crippen molar-refractivity contribution in [2.75, 3.05) is 30.8 Å². The number of nitrogens with one attached hydrogen (secondary N) is 2. The molecule has 27 heavy (non-hydrogen) atoms. The van der Waals surface area contributed by atoms with Crippen molar-refractivity contribution < 1.29 is 14.3 Å². The SMILES string of the molecule is COc1ccccc1NC(=O)Nc1nc(CC(=O)N2CCCCCC2)cs1. The van der Waals surface area contributed by atoms with Gasteiger partial charge in [0.15, 0.2) is 5.13 Å². The summed E-state index contributed by atoms with van der Waals surface area (Å²) in [5.41, 5.74) is 1.26. The van der Waals surface area contributed by atoms with Crippen LogP contribution in [0.3, 0.4) is 0 Å². The topological polar surface area (TPSA) is 83.6 Å². The highest BCUT2D eigenvalue weighted by Crippen LogP contribution is 2.24. The molecule has 7 nitrogen and oxygen atoms in total. The van der Waals surface area contributed by atoms with Gasteiger partial charge in [-0.1, -0.05) is 25.0 Å². The van der Waals surface area contributed by atoms with E-state index in [0.717, 1.165) is 25.9 Å². The number of carbonyl (C=O) groups is 2. The highest BCUT2D eigenvalue weighted by atomic mass is 32.1. The summed E-state index contributed by atoms with van der Waals surface area (Å²) < 4.78 is 5.21. The standard InChI is InChI=1S/C19H24N4O3S/c1-26-16-9-5-4-8-15(16)21-18(25)22-19-20-14(13-27-19)12-17(24)23-10-6-2-3-7-11-23/h4-5,8-9,13H,2-3,6-7,10-12H2,1H3,(H2,20,21,22,25). The first kappa shape index (κ1) is 19.2. The van der Waals surface area contributed by atoms with E-state index < -0.39 is 6.03 Å². The zero-order valence-corrected chi connectivity index (χ0v) is 16.2. The van der Waals surface area contributed by atoms with E-state index in [9.17, 15) is 9.59 Å². The molecule has 1 aromatic heterocycles. The normalized spacial score (nSPS) is 14.3. The average molecular weight is 388 g/mol. The van der Waals surface area contributed by atoms with Gasteiger partial charge in [-0.2, -0.15) is 0 Å². The third kappa shape index (κ3) is 5.43. The Balaban J connectivity index is 1.54. The van der Waals surface area contributed by atoms with Crippen molar-refractivity contribution in [1.29, 1.82) is 0 Å². The summed E-state index contributed by atoms with van der Waals surface area (Å²) in [5, 5.41) is 7.71. The minimum Gasteiger partial charge on any atom is -0.495 e. The average Bonchev–Trinajstić information content (AvgIpc) is 2.93. The van der Waals surface area contributed by atoms with E-state index in [-0.39, 0.29) is 12.3 Å². The fraction of sp³-hybridized carbons (Fsp3) is 0.421. The first-order chi connectivity index (χ1) is 13.2. The summed E-state index contributed by atoms with van der Waals surface area (Å²) in [6.07, 6.45) is 4.79. The molecule has 0 atom stereocenters. The molecule has 2 aromatic rings. The number of amides is 3. The Bertz CT molecular complexity index is 785. The first-order valence-corrected chi connectivity index (χ1v) is 9.97. The molecule has 1 saturated heterocycles. The molecule has 1 aromatic carbocycles. The molecule has 0 radical (unpaired) electrons. The van der Waals surface area contributed by atoms with Gasteiger partial charge in [0.05, 0.1) is 24.9 Å². The fourth-order valence-corrected chi connectivity index (χ4v) is 3.74. The van der Waals surface area contributed by atoms with E-state index in [2.05, 4.69) is 15.6 Å². The van der Waals surface area contributed by atoms with Crippen molar-refractivity contribution in [3.8, 4) is 5.75 Å². The summed E-state index contributed by atoms with van der Waals surface area (Å²) in [5.74, 6) is 0.683. The van der Waals surface area contributed by atoms with E-state index in [1.807, 2.05) is 22.4 Å². The second-order valence-corrected chi connectivity index (χ2v) is 7.25. The zero-order chi connectivity index (χ0) is 19.1. The lowest BCUT2D eigenvalue weighted by Gasteiger charge is -2.19. The molecule has 3 amide bonds. The number of ether oxygens (including phenoxy) is 1. The molecule has 0 saturated carbocycles. The number of para-hydroxylation sites is 2. The van der Waals surface area contributed by atoms with Gasteiger partial charge in [-0.25, -0.2) is 9.78 Å². The van der Waals surface area contributed by atoms with Gasteiger partial charge >= 0.3 is 6.03 Å². The highest BCUT2D eigenvalue weighted by Gasteiger charge is 2.17. The molecule has 1 aliphatic rings. The number of carbonyl (C=O) groups excluding carboxylic acids is 2. The summed E-state index contributed by atoms with van der Waals surface area (Å²) in [6, 6.07) is 6.76. The van der Waals surface area contributed by atoms with Crippen molar-refractivity contribution in [2.45, 2.75) is 32.1 Å². The van der Waals surface area contributed by atoms with Crippen LogP contribution in [-0.4, -0.2) is 42.0 Å². The summed E-state index contributed by atoms with van der Waals surface area (Å²) in [6.45, 7) is 1.66. The van der Waals surface area contributed by atoms with E-state index in [0.29, 0.717) is 22.3 Å². The maximum Gasteiger partial charge on any atom is 0.325 e. The quantitative estimate of drug-likeness (QED) is 0.817. The molecule has 144 valence electrons. The third-order valence-electron chi connectivity index (χ3n) is 4.42. The van der Waals surface area contributed by atoms with Crippen LogP contribution in [0.15, 0.2) is 29.6 Å². The zero-order valence-electron chi connectivity index (χ0n) is 15.4. The highest BCUT2D eigenvalue weighted by molar-refractivity contribution is 7.14. The van der Waals surface area contributed by atoms with Crippen molar-refractivity contribution in [3.05, 3.63) is 35.3 Å². The van der Waals surface area contributed by atoms with Crippen LogP contribution in [-0.2, 0) is 11.2 Å². The van der Waals surface area contributed by atoms with E-state index in [1.54, 1.807) is 19.2 Å². The second kappa shape index (κ2) is 9.36. The number of likely N-dealkylation sites (tertiary alicyclic amines) is 1. The van der Waals surface area contributed by atoms with Gasteiger partial charge in [0.25, 0.3) is 0 Å². The van der Waals surface area contributed by atoms with Crippen LogP contribution in [0.5, 0.6) is 5.75 Å². The molecule has 0 bridgehead atoms. The fourth-order valence-electron chi connectivity index (χ4n) is 3.03. The Labute approximate surface area is 162 Å². The maximum absolute atomic E-state index is 12.4. The maximum atomic E-state index is 12.4. The van der Waals surface area contributed by atoms with Crippen molar-refractivity contribution in [2.24, 2.45) is 0 Å².